The quantitative estimate of drug-likeness (QED) is 0.850. The minimum absolute atomic E-state index is 0.0850. The van der Waals surface area contributed by atoms with Gasteiger partial charge in [-0.25, -0.2) is 4.98 Å². The van der Waals surface area contributed by atoms with Crippen LogP contribution in [0, 0.1) is 0 Å². The molecule has 2 aromatic rings. The third-order valence-corrected chi connectivity index (χ3v) is 4.08. The van der Waals surface area contributed by atoms with Gasteiger partial charge in [-0.15, -0.1) is 0 Å². The van der Waals surface area contributed by atoms with Crippen LogP contribution in [-0.2, 0) is 6.42 Å². The van der Waals surface area contributed by atoms with E-state index < -0.39 is 18.2 Å². The molecule has 0 bridgehead atoms. The molecule has 5 nitrogen and oxygen atoms in total. The van der Waals surface area contributed by atoms with Crippen molar-refractivity contribution in [2.45, 2.75) is 32.0 Å². The highest BCUT2D eigenvalue weighted by atomic mass is 19.4. The summed E-state index contributed by atoms with van der Waals surface area (Å²) >= 11 is 0. The number of hydrogen-bond acceptors (Lipinski definition) is 5. The molecule has 1 aliphatic rings. The first-order valence-electron chi connectivity index (χ1n) is 8.52. The van der Waals surface area contributed by atoms with E-state index in [2.05, 4.69) is 9.88 Å². The van der Waals surface area contributed by atoms with Gasteiger partial charge >= 0.3 is 6.18 Å². The van der Waals surface area contributed by atoms with Crippen LogP contribution in [0.3, 0.4) is 0 Å². The van der Waals surface area contributed by atoms with Gasteiger partial charge in [-0.1, -0.05) is 6.07 Å². The molecular formula is C19H22F3N3O2. The zero-order valence-electron chi connectivity index (χ0n) is 15.4. The maximum Gasteiger partial charge on any atom is 0.393 e. The standard InChI is InChI=1S/C19H22F3N3O2/c1-18(2,26)11-25-12-24(3)15-6-5-14(8-16(15)25)27-17-7-4-13(10-23-17)9-19(20,21)22/h4-8,10,26H,9,11-12H2,1-3H3. The number of fused-ring (bicyclic) bond motifs is 1. The van der Waals surface area contributed by atoms with Gasteiger partial charge in [0.05, 0.1) is 30.1 Å². The van der Waals surface area contributed by atoms with Crippen LogP contribution in [0.2, 0.25) is 0 Å². The summed E-state index contributed by atoms with van der Waals surface area (Å²) in [5, 5.41) is 10.1. The maximum absolute atomic E-state index is 12.4. The molecule has 0 saturated carbocycles. The van der Waals surface area contributed by atoms with E-state index >= 15 is 0 Å². The Morgan fingerprint density at radius 1 is 1.15 bits per heavy atom. The van der Waals surface area contributed by atoms with Crippen molar-refractivity contribution in [2.75, 3.05) is 30.1 Å². The van der Waals surface area contributed by atoms with E-state index in [0.29, 0.717) is 19.0 Å². The number of benzene rings is 1. The molecular weight excluding hydrogens is 359 g/mol. The minimum atomic E-state index is -4.26. The van der Waals surface area contributed by atoms with Crippen LogP contribution in [0.15, 0.2) is 36.5 Å². The van der Waals surface area contributed by atoms with E-state index in [1.165, 1.54) is 18.3 Å². The van der Waals surface area contributed by atoms with E-state index in [0.717, 1.165) is 11.4 Å². The van der Waals surface area contributed by atoms with Crippen molar-refractivity contribution < 1.29 is 23.0 Å². The third kappa shape index (κ3) is 5.03. The normalized spacial score (nSPS) is 14.5. The fraction of sp³-hybridized carbons (Fsp3) is 0.421. The summed E-state index contributed by atoms with van der Waals surface area (Å²) < 4.78 is 43.0. The minimum Gasteiger partial charge on any atom is -0.439 e. The highest BCUT2D eigenvalue weighted by Gasteiger charge is 2.29. The van der Waals surface area contributed by atoms with Crippen molar-refractivity contribution >= 4 is 11.4 Å². The van der Waals surface area contributed by atoms with Gasteiger partial charge in [-0.05, 0) is 31.5 Å². The number of β-amino-alcohol motifs (C(OH)–C–C–N with tert-alkyl or cyclic N) is 1. The Labute approximate surface area is 156 Å². The second kappa shape index (κ2) is 6.92. The lowest BCUT2D eigenvalue weighted by Gasteiger charge is -2.27. The predicted octanol–water partition coefficient (Wildman–Crippen LogP) is 3.96. The first-order valence-corrected chi connectivity index (χ1v) is 8.52. The molecule has 0 spiro atoms. The predicted molar refractivity (Wildman–Crippen MR) is 97.4 cm³/mol. The molecule has 0 atom stereocenters. The van der Waals surface area contributed by atoms with E-state index in [4.69, 9.17) is 4.74 Å². The summed E-state index contributed by atoms with van der Waals surface area (Å²) in [5.41, 5.74) is 1.17. The molecule has 1 aliphatic heterocycles. The van der Waals surface area contributed by atoms with Crippen molar-refractivity contribution in [3.8, 4) is 11.6 Å². The van der Waals surface area contributed by atoms with Gasteiger partial charge in [0, 0.05) is 31.9 Å². The van der Waals surface area contributed by atoms with Crippen molar-refractivity contribution in [1.82, 2.24) is 4.98 Å². The lowest BCUT2D eigenvalue weighted by Crippen LogP contribution is -2.40. The first-order chi connectivity index (χ1) is 12.5. The van der Waals surface area contributed by atoms with E-state index in [1.54, 1.807) is 19.9 Å². The smallest absolute Gasteiger partial charge is 0.393 e. The van der Waals surface area contributed by atoms with Gasteiger partial charge < -0.3 is 19.6 Å². The van der Waals surface area contributed by atoms with Crippen LogP contribution in [0.4, 0.5) is 24.5 Å². The van der Waals surface area contributed by atoms with Gasteiger partial charge in [0.25, 0.3) is 0 Å². The molecule has 0 saturated heterocycles. The Balaban J connectivity index is 1.76. The van der Waals surface area contributed by atoms with E-state index in [-0.39, 0.29) is 11.4 Å². The highest BCUT2D eigenvalue weighted by Crippen LogP contribution is 2.39. The second-order valence-corrected chi connectivity index (χ2v) is 7.40. The van der Waals surface area contributed by atoms with Crippen molar-refractivity contribution in [3.63, 3.8) is 0 Å². The molecule has 0 aliphatic carbocycles. The van der Waals surface area contributed by atoms with Gasteiger partial charge in [0.2, 0.25) is 5.88 Å². The first kappa shape index (κ1) is 19.3. The summed E-state index contributed by atoms with van der Waals surface area (Å²) in [6, 6.07) is 8.32. The molecule has 1 N–H and O–H groups in total. The monoisotopic (exact) mass is 381 g/mol. The number of nitrogens with zero attached hydrogens (tertiary/aromatic N) is 3. The number of ether oxygens (including phenoxy) is 1. The number of anilines is 2. The topological polar surface area (TPSA) is 48.8 Å². The lowest BCUT2D eigenvalue weighted by atomic mass is 10.1. The van der Waals surface area contributed by atoms with Crippen LogP contribution < -0.4 is 14.5 Å². The van der Waals surface area contributed by atoms with Crippen LogP contribution in [-0.4, -0.2) is 42.1 Å². The molecule has 1 aromatic carbocycles. The van der Waals surface area contributed by atoms with Crippen LogP contribution in [0.25, 0.3) is 0 Å². The molecule has 0 fully saturated rings. The number of pyridine rings is 1. The molecule has 27 heavy (non-hydrogen) atoms. The summed E-state index contributed by atoms with van der Waals surface area (Å²) in [6.07, 6.45) is -4.11. The van der Waals surface area contributed by atoms with Crippen molar-refractivity contribution in [2.24, 2.45) is 0 Å². The summed E-state index contributed by atoms with van der Waals surface area (Å²) in [6.45, 7) is 4.60. The fourth-order valence-corrected chi connectivity index (χ4v) is 3.08. The van der Waals surface area contributed by atoms with Crippen molar-refractivity contribution in [1.29, 1.82) is 0 Å². The average Bonchev–Trinajstić information content (AvgIpc) is 2.82. The summed E-state index contributed by atoms with van der Waals surface area (Å²) in [4.78, 5) is 8.07. The largest absolute Gasteiger partial charge is 0.439 e. The second-order valence-electron chi connectivity index (χ2n) is 7.40. The Bertz CT molecular complexity index is 801. The van der Waals surface area contributed by atoms with Gasteiger partial charge in [-0.2, -0.15) is 13.2 Å². The molecule has 0 radical (unpaired) electrons. The zero-order chi connectivity index (χ0) is 19.8. The van der Waals surface area contributed by atoms with E-state index in [1.807, 2.05) is 24.1 Å². The Hall–Kier alpha value is -2.48. The molecule has 0 amide bonds. The number of hydrogen-bond donors (Lipinski definition) is 1. The average molecular weight is 381 g/mol. The number of aliphatic hydroxyl groups is 1. The number of aromatic nitrogens is 1. The van der Waals surface area contributed by atoms with Gasteiger partial charge in [0.15, 0.2) is 0 Å². The lowest BCUT2D eigenvalue weighted by molar-refractivity contribution is -0.127. The molecule has 2 heterocycles. The SMILES string of the molecule is CN1CN(CC(C)(C)O)c2cc(Oc3ccc(CC(F)(F)F)cn3)ccc21. The van der Waals surface area contributed by atoms with Gasteiger partial charge in [0.1, 0.15) is 5.75 Å². The molecule has 146 valence electrons. The highest BCUT2D eigenvalue weighted by molar-refractivity contribution is 5.77. The van der Waals surface area contributed by atoms with Crippen LogP contribution in [0.1, 0.15) is 19.4 Å². The van der Waals surface area contributed by atoms with Crippen LogP contribution in [0.5, 0.6) is 11.6 Å². The van der Waals surface area contributed by atoms with Crippen molar-refractivity contribution in [3.05, 3.63) is 42.1 Å². The molecule has 0 unspecified atom stereocenters. The van der Waals surface area contributed by atoms with Gasteiger partial charge in [-0.3, -0.25) is 0 Å². The number of halogens is 3. The van der Waals surface area contributed by atoms with E-state index in [9.17, 15) is 18.3 Å². The Morgan fingerprint density at radius 2 is 1.89 bits per heavy atom. The zero-order valence-corrected chi connectivity index (χ0v) is 15.4. The van der Waals surface area contributed by atoms with Crippen LogP contribution >= 0.6 is 0 Å². The molecule has 3 rings (SSSR count). The number of rotatable bonds is 5. The Morgan fingerprint density at radius 3 is 2.48 bits per heavy atom. The molecule has 8 heteroatoms. The Kier molecular flexibility index (Phi) is 4.94. The summed E-state index contributed by atoms with van der Waals surface area (Å²) in [7, 11) is 1.96. The number of alkyl halides is 3. The maximum atomic E-state index is 12.4. The summed E-state index contributed by atoms with van der Waals surface area (Å²) in [5.74, 6) is 0.752. The molecule has 1 aromatic heterocycles. The fourth-order valence-electron chi connectivity index (χ4n) is 3.08. The third-order valence-electron chi connectivity index (χ3n) is 4.08.